The molecule has 166 valence electrons. The van der Waals surface area contributed by atoms with Crippen LogP contribution >= 0.6 is 11.6 Å². The minimum atomic E-state index is -0.408. The van der Waals surface area contributed by atoms with Gasteiger partial charge in [0.05, 0.1) is 12.6 Å². The van der Waals surface area contributed by atoms with Gasteiger partial charge in [0.15, 0.2) is 11.6 Å². The molecule has 1 unspecified atom stereocenters. The van der Waals surface area contributed by atoms with Crippen LogP contribution in [-0.4, -0.2) is 53.5 Å². The van der Waals surface area contributed by atoms with Gasteiger partial charge in [0.2, 0.25) is 11.7 Å². The first kappa shape index (κ1) is 21.8. The van der Waals surface area contributed by atoms with Gasteiger partial charge in [0, 0.05) is 18.1 Å². The Hall–Kier alpha value is -2.45. The van der Waals surface area contributed by atoms with E-state index >= 15 is 4.39 Å². The second-order valence-corrected chi connectivity index (χ2v) is 8.77. The number of primary amides is 1. The summed E-state index contributed by atoms with van der Waals surface area (Å²) in [6, 6.07) is 7.79. The van der Waals surface area contributed by atoms with Gasteiger partial charge in [-0.15, -0.1) is 0 Å². The van der Waals surface area contributed by atoms with Crippen LogP contribution < -0.4 is 16.0 Å². The largest absolute Gasteiger partial charge is 0.369 e. The third-order valence-electron chi connectivity index (χ3n) is 6.20. The van der Waals surface area contributed by atoms with Gasteiger partial charge in [-0.1, -0.05) is 23.7 Å². The van der Waals surface area contributed by atoms with E-state index in [-0.39, 0.29) is 17.8 Å². The van der Waals surface area contributed by atoms with Crippen molar-refractivity contribution in [3.05, 3.63) is 47.0 Å². The quantitative estimate of drug-likeness (QED) is 0.679. The molecule has 3 heterocycles. The summed E-state index contributed by atoms with van der Waals surface area (Å²) in [4.78, 5) is 23.6. The van der Waals surface area contributed by atoms with E-state index in [0.717, 1.165) is 50.9 Å². The summed E-state index contributed by atoms with van der Waals surface area (Å²) in [7, 11) is 0. The van der Waals surface area contributed by atoms with Crippen molar-refractivity contribution in [1.82, 2.24) is 14.9 Å². The van der Waals surface area contributed by atoms with E-state index in [2.05, 4.69) is 20.2 Å². The first-order valence-electron chi connectivity index (χ1n) is 10.8. The van der Waals surface area contributed by atoms with Crippen molar-refractivity contribution in [1.29, 1.82) is 0 Å². The molecule has 2 aliphatic heterocycles. The molecule has 1 amide bonds. The Balaban J connectivity index is 1.40. The van der Waals surface area contributed by atoms with Crippen molar-refractivity contribution in [2.24, 2.45) is 11.7 Å². The van der Waals surface area contributed by atoms with Crippen LogP contribution in [0.15, 0.2) is 30.6 Å². The second kappa shape index (κ2) is 9.78. The molecule has 0 saturated carbocycles. The van der Waals surface area contributed by atoms with E-state index in [1.165, 1.54) is 6.33 Å². The van der Waals surface area contributed by atoms with Crippen molar-refractivity contribution >= 4 is 29.1 Å². The van der Waals surface area contributed by atoms with Crippen LogP contribution in [0.3, 0.4) is 0 Å². The molecule has 2 aliphatic rings. The number of carbonyl (C=O) groups is 1. The molecular formula is C22H28ClFN6O. The maximum Gasteiger partial charge on any atom is 0.231 e. The average Bonchev–Trinajstić information content (AvgIpc) is 3.24. The molecule has 1 aromatic heterocycles. The van der Waals surface area contributed by atoms with E-state index in [9.17, 15) is 4.79 Å². The molecule has 0 radical (unpaired) electrons. The zero-order valence-electron chi connectivity index (χ0n) is 17.4. The normalized spacial score (nSPS) is 20.2. The molecule has 0 aliphatic carbocycles. The fourth-order valence-corrected chi connectivity index (χ4v) is 4.67. The lowest BCUT2D eigenvalue weighted by molar-refractivity contribution is -0.119. The second-order valence-electron chi connectivity index (χ2n) is 8.33. The maximum atomic E-state index is 15.3. The smallest absolute Gasteiger partial charge is 0.231 e. The average molecular weight is 447 g/mol. The van der Waals surface area contributed by atoms with Crippen molar-refractivity contribution in [2.75, 3.05) is 42.9 Å². The van der Waals surface area contributed by atoms with Gasteiger partial charge in [0.25, 0.3) is 0 Å². The maximum absolute atomic E-state index is 15.3. The SMILES string of the molecule is NC(=O)CN1CCC(CNc2ncnc(N3CCCC3c3ccc(Cl)cc3)c2F)CC1. The van der Waals surface area contributed by atoms with Gasteiger partial charge in [-0.3, -0.25) is 9.69 Å². The summed E-state index contributed by atoms with van der Waals surface area (Å²) < 4.78 is 15.3. The molecule has 0 bridgehead atoms. The molecule has 2 fully saturated rings. The Morgan fingerprint density at radius 1 is 1.16 bits per heavy atom. The van der Waals surface area contributed by atoms with E-state index in [1.54, 1.807) is 0 Å². The number of aromatic nitrogens is 2. The van der Waals surface area contributed by atoms with E-state index < -0.39 is 5.82 Å². The van der Waals surface area contributed by atoms with Gasteiger partial charge in [-0.05, 0) is 62.4 Å². The number of benzene rings is 1. The van der Waals surface area contributed by atoms with Gasteiger partial charge in [-0.25, -0.2) is 9.97 Å². The standard InChI is InChI=1S/C22H28ClFN6O/c23-17-5-3-16(4-6-17)18-2-1-9-30(18)22-20(24)21(27-14-28-22)26-12-15-7-10-29(11-8-15)13-19(25)31/h3-6,14-15,18H,1-2,7-13H2,(H2,25,31)(H,26,27,28). The third kappa shape index (κ3) is 5.25. The number of nitrogens with zero attached hydrogens (tertiary/aromatic N) is 4. The highest BCUT2D eigenvalue weighted by molar-refractivity contribution is 6.30. The van der Waals surface area contributed by atoms with Crippen LogP contribution in [0.25, 0.3) is 0 Å². The highest BCUT2D eigenvalue weighted by atomic mass is 35.5. The molecule has 31 heavy (non-hydrogen) atoms. The summed E-state index contributed by atoms with van der Waals surface area (Å²) in [6.45, 7) is 3.33. The van der Waals surface area contributed by atoms with Crippen molar-refractivity contribution in [3.63, 3.8) is 0 Å². The van der Waals surface area contributed by atoms with Gasteiger partial charge in [0.1, 0.15) is 6.33 Å². The Kier molecular flexibility index (Phi) is 6.87. The monoisotopic (exact) mass is 446 g/mol. The molecule has 2 saturated heterocycles. The number of piperidine rings is 1. The van der Waals surface area contributed by atoms with Crippen LogP contribution in [0.1, 0.15) is 37.3 Å². The van der Waals surface area contributed by atoms with Crippen molar-refractivity contribution in [3.8, 4) is 0 Å². The first-order chi connectivity index (χ1) is 15.0. The number of carbonyl (C=O) groups excluding carboxylic acids is 1. The van der Waals surface area contributed by atoms with Crippen LogP contribution in [0.2, 0.25) is 5.02 Å². The molecule has 3 N–H and O–H groups in total. The molecule has 0 spiro atoms. The summed E-state index contributed by atoms with van der Waals surface area (Å²) in [5.74, 6) is 0.272. The highest BCUT2D eigenvalue weighted by Gasteiger charge is 2.30. The van der Waals surface area contributed by atoms with Crippen molar-refractivity contribution < 1.29 is 9.18 Å². The lowest BCUT2D eigenvalue weighted by atomic mass is 9.97. The number of amides is 1. The van der Waals surface area contributed by atoms with Crippen LogP contribution in [0, 0.1) is 11.7 Å². The fraction of sp³-hybridized carbons (Fsp3) is 0.500. The minimum Gasteiger partial charge on any atom is -0.369 e. The zero-order chi connectivity index (χ0) is 21.8. The molecule has 1 atom stereocenters. The lowest BCUT2D eigenvalue weighted by Gasteiger charge is -2.31. The minimum absolute atomic E-state index is 0.0732. The summed E-state index contributed by atoms with van der Waals surface area (Å²) >= 11 is 6.02. The van der Waals surface area contributed by atoms with Crippen LogP contribution in [-0.2, 0) is 4.79 Å². The van der Waals surface area contributed by atoms with Gasteiger partial charge < -0.3 is 16.0 Å². The number of hydrogen-bond donors (Lipinski definition) is 2. The van der Waals surface area contributed by atoms with E-state index in [1.807, 2.05) is 29.2 Å². The topological polar surface area (TPSA) is 87.4 Å². The van der Waals surface area contributed by atoms with Gasteiger partial charge in [-0.2, -0.15) is 4.39 Å². The van der Waals surface area contributed by atoms with Crippen LogP contribution in [0.5, 0.6) is 0 Å². The Labute approximate surface area is 186 Å². The van der Waals surface area contributed by atoms with Crippen LogP contribution in [0.4, 0.5) is 16.0 Å². The fourth-order valence-electron chi connectivity index (χ4n) is 4.55. The number of hydrogen-bond acceptors (Lipinski definition) is 6. The predicted molar refractivity (Wildman–Crippen MR) is 120 cm³/mol. The number of anilines is 2. The predicted octanol–water partition coefficient (Wildman–Crippen LogP) is 3.22. The van der Waals surface area contributed by atoms with Crippen molar-refractivity contribution in [2.45, 2.75) is 31.7 Å². The Morgan fingerprint density at radius 3 is 2.61 bits per heavy atom. The molecule has 9 heteroatoms. The lowest BCUT2D eigenvalue weighted by Crippen LogP contribution is -2.40. The highest BCUT2D eigenvalue weighted by Crippen LogP contribution is 2.37. The molecule has 4 rings (SSSR count). The number of nitrogens with one attached hydrogen (secondary N) is 1. The molecular weight excluding hydrogens is 419 g/mol. The summed E-state index contributed by atoms with van der Waals surface area (Å²) in [5.41, 5.74) is 6.38. The molecule has 2 aromatic rings. The number of rotatable bonds is 7. The first-order valence-corrected chi connectivity index (χ1v) is 11.2. The number of nitrogens with two attached hydrogens (primary N) is 1. The third-order valence-corrected chi connectivity index (χ3v) is 6.45. The van der Waals surface area contributed by atoms with E-state index in [4.69, 9.17) is 17.3 Å². The number of halogens is 2. The number of likely N-dealkylation sites (tertiary alicyclic amines) is 1. The Morgan fingerprint density at radius 2 is 1.90 bits per heavy atom. The molecule has 1 aromatic carbocycles. The zero-order valence-corrected chi connectivity index (χ0v) is 18.2. The summed E-state index contributed by atoms with van der Waals surface area (Å²) in [5, 5.41) is 3.87. The van der Waals surface area contributed by atoms with E-state index in [0.29, 0.717) is 29.8 Å². The van der Waals surface area contributed by atoms with Gasteiger partial charge >= 0.3 is 0 Å². The molecule has 7 nitrogen and oxygen atoms in total. The Bertz CT molecular complexity index is 903. The summed E-state index contributed by atoms with van der Waals surface area (Å²) in [6.07, 6.45) is 5.21.